The highest BCUT2D eigenvalue weighted by Gasteiger charge is 2.39. The predicted octanol–water partition coefficient (Wildman–Crippen LogP) is 7.46. The second-order valence-electron chi connectivity index (χ2n) is 10.5. The van der Waals surface area contributed by atoms with Crippen LogP contribution in [0.5, 0.6) is 0 Å². The first kappa shape index (κ1) is 32.9. The van der Waals surface area contributed by atoms with Crippen molar-refractivity contribution in [3.8, 4) is 11.8 Å². The van der Waals surface area contributed by atoms with E-state index in [0.29, 0.717) is 49.4 Å². The molecule has 0 amide bonds. The van der Waals surface area contributed by atoms with E-state index < -0.39 is 47.7 Å². The number of halogens is 7. The van der Waals surface area contributed by atoms with Crippen molar-refractivity contribution in [2.75, 3.05) is 26.2 Å². The van der Waals surface area contributed by atoms with E-state index in [1.807, 2.05) is 4.90 Å². The zero-order valence-electron chi connectivity index (χ0n) is 23.6. The minimum absolute atomic E-state index is 0.0781. The quantitative estimate of drug-likeness (QED) is 0.236. The van der Waals surface area contributed by atoms with Crippen molar-refractivity contribution in [1.29, 1.82) is 0 Å². The van der Waals surface area contributed by atoms with Gasteiger partial charge in [0.1, 0.15) is 5.82 Å². The normalized spacial score (nSPS) is 19.5. The van der Waals surface area contributed by atoms with Gasteiger partial charge in [0.15, 0.2) is 6.29 Å². The van der Waals surface area contributed by atoms with Crippen molar-refractivity contribution in [2.24, 2.45) is 0 Å². The summed E-state index contributed by atoms with van der Waals surface area (Å²) in [6.45, 7) is 11.2. The largest absolute Gasteiger partial charge is 0.416 e. The molecule has 2 aromatic carbocycles. The maximum atomic E-state index is 13.7. The van der Waals surface area contributed by atoms with E-state index in [9.17, 15) is 30.7 Å². The monoisotopic (exact) mass is 588 g/mol. The minimum atomic E-state index is -4.98. The lowest BCUT2D eigenvalue weighted by Crippen LogP contribution is -2.47. The summed E-state index contributed by atoms with van der Waals surface area (Å²) < 4.78 is 106. The molecule has 0 aliphatic carbocycles. The van der Waals surface area contributed by atoms with E-state index in [0.717, 1.165) is 0 Å². The lowest BCUT2D eigenvalue weighted by Gasteiger charge is -2.41. The summed E-state index contributed by atoms with van der Waals surface area (Å²) in [5.74, 6) is 5.87. The molecule has 0 bridgehead atoms. The number of hydrogen-bond donors (Lipinski definition) is 0. The summed E-state index contributed by atoms with van der Waals surface area (Å²) in [6, 6.07) is 6.94. The van der Waals surface area contributed by atoms with Gasteiger partial charge < -0.3 is 9.47 Å². The van der Waals surface area contributed by atoms with Crippen LogP contribution in [0.1, 0.15) is 69.0 Å². The fourth-order valence-corrected chi connectivity index (χ4v) is 4.77. The SMILES string of the molecule is CC(OC1OCCN(CC#CCN(C(C)C)C(C)C)C1c1ccc(F)cc1)c1cc(C(F)(F)F)cc(C(F)(F)F)c1. The van der Waals surface area contributed by atoms with Crippen molar-refractivity contribution < 1.29 is 40.2 Å². The zero-order chi connectivity index (χ0) is 30.5. The van der Waals surface area contributed by atoms with Crippen molar-refractivity contribution in [1.82, 2.24) is 9.80 Å². The lowest BCUT2D eigenvalue weighted by molar-refractivity contribution is -0.228. The number of ether oxygens (including phenoxy) is 2. The highest BCUT2D eigenvalue weighted by atomic mass is 19.4. The molecule has 0 spiro atoms. The van der Waals surface area contributed by atoms with E-state index in [1.54, 1.807) is 12.1 Å². The lowest BCUT2D eigenvalue weighted by atomic mass is 10.0. The van der Waals surface area contributed by atoms with E-state index in [-0.39, 0.29) is 18.2 Å². The van der Waals surface area contributed by atoms with Gasteiger partial charge in [0, 0.05) is 18.6 Å². The average molecular weight is 589 g/mol. The first-order valence-electron chi connectivity index (χ1n) is 13.3. The van der Waals surface area contributed by atoms with Crippen LogP contribution in [0.2, 0.25) is 0 Å². The Morgan fingerprint density at radius 1 is 0.902 bits per heavy atom. The summed E-state index contributed by atoms with van der Waals surface area (Å²) in [4.78, 5) is 4.17. The molecule has 2 aromatic rings. The first-order valence-corrected chi connectivity index (χ1v) is 13.3. The van der Waals surface area contributed by atoms with Crippen molar-refractivity contribution in [3.63, 3.8) is 0 Å². The topological polar surface area (TPSA) is 24.9 Å². The van der Waals surface area contributed by atoms with Gasteiger partial charge >= 0.3 is 12.4 Å². The molecule has 226 valence electrons. The van der Waals surface area contributed by atoms with Gasteiger partial charge in [-0.05, 0) is 76.1 Å². The van der Waals surface area contributed by atoms with Crippen LogP contribution in [0.15, 0.2) is 42.5 Å². The Hall–Kier alpha value is -2.65. The second-order valence-corrected chi connectivity index (χ2v) is 10.5. The molecule has 3 unspecified atom stereocenters. The van der Waals surface area contributed by atoms with Crippen LogP contribution in [0, 0.1) is 17.7 Å². The molecule has 4 nitrogen and oxygen atoms in total. The summed E-state index contributed by atoms with van der Waals surface area (Å²) >= 11 is 0. The van der Waals surface area contributed by atoms with Crippen LogP contribution < -0.4 is 0 Å². The molecular weight excluding hydrogens is 553 g/mol. The molecule has 0 N–H and O–H groups in total. The molecule has 0 saturated carbocycles. The Bertz CT molecular complexity index is 1160. The highest BCUT2D eigenvalue weighted by molar-refractivity contribution is 5.35. The van der Waals surface area contributed by atoms with Gasteiger partial charge in [0.25, 0.3) is 0 Å². The first-order chi connectivity index (χ1) is 19.1. The van der Waals surface area contributed by atoms with Crippen LogP contribution in [-0.2, 0) is 21.8 Å². The second kappa shape index (κ2) is 13.6. The molecule has 1 heterocycles. The number of hydrogen-bond acceptors (Lipinski definition) is 4. The molecule has 1 aliphatic rings. The predicted molar refractivity (Wildman–Crippen MR) is 141 cm³/mol. The van der Waals surface area contributed by atoms with Crippen molar-refractivity contribution >= 4 is 0 Å². The van der Waals surface area contributed by atoms with Gasteiger partial charge in [0.2, 0.25) is 0 Å². The third kappa shape index (κ3) is 8.92. The average Bonchev–Trinajstić information content (AvgIpc) is 2.87. The number of benzene rings is 2. The van der Waals surface area contributed by atoms with Gasteiger partial charge in [-0.1, -0.05) is 24.0 Å². The summed E-state index contributed by atoms with van der Waals surface area (Å²) in [7, 11) is 0. The third-order valence-corrected chi connectivity index (χ3v) is 6.94. The summed E-state index contributed by atoms with van der Waals surface area (Å²) in [5, 5.41) is 0. The van der Waals surface area contributed by atoms with Gasteiger partial charge in [-0.2, -0.15) is 26.3 Å². The Morgan fingerprint density at radius 2 is 1.46 bits per heavy atom. The number of morpholine rings is 1. The fraction of sp³-hybridized carbons (Fsp3) is 0.533. The number of nitrogens with zero attached hydrogens (tertiary/aromatic N) is 2. The molecule has 41 heavy (non-hydrogen) atoms. The smallest absolute Gasteiger partial charge is 0.349 e. The van der Waals surface area contributed by atoms with Crippen LogP contribution in [-0.4, -0.2) is 54.4 Å². The zero-order valence-corrected chi connectivity index (χ0v) is 23.6. The maximum Gasteiger partial charge on any atom is 0.416 e. The van der Waals surface area contributed by atoms with E-state index in [2.05, 4.69) is 44.4 Å². The van der Waals surface area contributed by atoms with Crippen molar-refractivity contribution in [2.45, 2.75) is 77.5 Å². The molecule has 11 heteroatoms. The Morgan fingerprint density at radius 3 is 1.98 bits per heavy atom. The minimum Gasteiger partial charge on any atom is -0.349 e. The number of rotatable bonds is 8. The van der Waals surface area contributed by atoms with E-state index in [1.165, 1.54) is 19.1 Å². The van der Waals surface area contributed by atoms with E-state index in [4.69, 9.17) is 9.47 Å². The molecular formula is C30H35F7N2O2. The molecule has 0 aromatic heterocycles. The van der Waals surface area contributed by atoms with Gasteiger partial charge in [0.05, 0.1) is 43.0 Å². The molecule has 1 fully saturated rings. The molecule has 1 aliphatic heterocycles. The number of alkyl halides is 6. The van der Waals surface area contributed by atoms with Gasteiger partial charge in [-0.25, -0.2) is 4.39 Å². The summed E-state index contributed by atoms with van der Waals surface area (Å²) in [6.07, 6.45) is -12.2. The Kier molecular flexibility index (Phi) is 10.9. The Labute approximate surface area is 236 Å². The molecule has 3 rings (SSSR count). The van der Waals surface area contributed by atoms with Crippen LogP contribution in [0.3, 0.4) is 0 Å². The van der Waals surface area contributed by atoms with Gasteiger partial charge in [-0.3, -0.25) is 9.80 Å². The standard InChI is InChI=1S/C30H35F7N2O2/c1-19(2)39(20(3)4)13-7-6-12-38-14-15-40-28(27(38)22-8-10-26(31)11-9-22)41-21(5)23-16-24(29(32,33)34)18-25(17-23)30(35,36)37/h8-11,16-21,27-28H,12-15H2,1-5H3. The van der Waals surface area contributed by atoms with Gasteiger partial charge in [-0.15, -0.1) is 0 Å². The highest BCUT2D eigenvalue weighted by Crippen LogP contribution is 2.39. The van der Waals surface area contributed by atoms with Crippen LogP contribution in [0.25, 0.3) is 0 Å². The fourth-order valence-electron chi connectivity index (χ4n) is 4.77. The van der Waals surface area contributed by atoms with Crippen LogP contribution >= 0.6 is 0 Å². The molecule has 1 saturated heterocycles. The third-order valence-electron chi connectivity index (χ3n) is 6.94. The van der Waals surface area contributed by atoms with E-state index >= 15 is 0 Å². The maximum absolute atomic E-state index is 13.7. The summed E-state index contributed by atoms with van der Waals surface area (Å²) in [5.41, 5.74) is -2.54. The Balaban J connectivity index is 1.89. The van der Waals surface area contributed by atoms with Crippen LogP contribution in [0.4, 0.5) is 30.7 Å². The van der Waals surface area contributed by atoms with Crippen molar-refractivity contribution in [3.05, 3.63) is 70.5 Å². The molecule has 3 atom stereocenters. The molecule has 0 radical (unpaired) electrons.